The summed E-state index contributed by atoms with van der Waals surface area (Å²) in [5, 5.41) is 2.56. The van der Waals surface area contributed by atoms with Crippen LogP contribution in [0.3, 0.4) is 0 Å². The molecule has 0 radical (unpaired) electrons. The molecule has 3 nitrogen and oxygen atoms in total. The van der Waals surface area contributed by atoms with Crippen molar-refractivity contribution in [3.8, 4) is 11.3 Å². The summed E-state index contributed by atoms with van der Waals surface area (Å²) in [5.74, 6) is 0.316. The maximum Gasteiger partial charge on any atom is 0.433 e. The highest BCUT2D eigenvalue weighted by Crippen LogP contribution is 2.31. The SMILES string of the molecule is CNc1nc(-c2ccc(C(C)C)cc2)cc(C(F)(F)F)n1. The zero-order valence-electron chi connectivity index (χ0n) is 12.0. The van der Waals surface area contributed by atoms with Crippen molar-refractivity contribution in [2.75, 3.05) is 12.4 Å². The Hall–Kier alpha value is -2.11. The number of halogens is 3. The first kappa shape index (κ1) is 15.3. The fraction of sp³-hybridized carbons (Fsp3) is 0.333. The Labute approximate surface area is 121 Å². The lowest BCUT2D eigenvalue weighted by Crippen LogP contribution is -2.11. The number of nitrogens with one attached hydrogen (secondary N) is 1. The van der Waals surface area contributed by atoms with Crippen LogP contribution in [0.1, 0.15) is 31.0 Å². The number of hydrogen-bond donors (Lipinski definition) is 1. The molecule has 1 aromatic heterocycles. The lowest BCUT2D eigenvalue weighted by molar-refractivity contribution is -0.141. The zero-order chi connectivity index (χ0) is 15.6. The van der Waals surface area contributed by atoms with E-state index in [-0.39, 0.29) is 11.6 Å². The summed E-state index contributed by atoms with van der Waals surface area (Å²) in [7, 11) is 1.49. The molecule has 0 aliphatic heterocycles. The van der Waals surface area contributed by atoms with Crippen LogP contribution in [0.2, 0.25) is 0 Å². The van der Waals surface area contributed by atoms with Gasteiger partial charge in [0.25, 0.3) is 0 Å². The van der Waals surface area contributed by atoms with E-state index in [1.54, 1.807) is 12.1 Å². The van der Waals surface area contributed by atoms with E-state index in [9.17, 15) is 13.2 Å². The summed E-state index contributed by atoms with van der Waals surface area (Å²) in [4.78, 5) is 7.54. The van der Waals surface area contributed by atoms with Gasteiger partial charge in [-0.05, 0) is 17.5 Å². The predicted octanol–water partition coefficient (Wildman–Crippen LogP) is 4.33. The van der Waals surface area contributed by atoms with Crippen LogP contribution in [0.4, 0.5) is 19.1 Å². The van der Waals surface area contributed by atoms with E-state index in [0.29, 0.717) is 11.5 Å². The standard InChI is InChI=1S/C15H16F3N3/c1-9(2)10-4-6-11(7-5-10)12-8-13(15(16,17)18)21-14(19-3)20-12/h4-9H,1-3H3,(H,19,20,21). The third kappa shape index (κ3) is 3.51. The minimum absolute atomic E-state index is 0.0484. The number of benzene rings is 1. The fourth-order valence-electron chi connectivity index (χ4n) is 1.89. The second-order valence-corrected chi connectivity index (χ2v) is 4.99. The summed E-state index contributed by atoms with van der Waals surface area (Å²) in [6.07, 6.45) is -4.50. The number of anilines is 1. The molecule has 0 saturated carbocycles. The Morgan fingerprint density at radius 3 is 2.14 bits per heavy atom. The van der Waals surface area contributed by atoms with Gasteiger partial charge in [-0.1, -0.05) is 38.1 Å². The Morgan fingerprint density at radius 2 is 1.67 bits per heavy atom. The number of rotatable bonds is 3. The molecule has 6 heteroatoms. The summed E-state index contributed by atoms with van der Waals surface area (Å²) < 4.78 is 38.6. The maximum atomic E-state index is 12.9. The summed E-state index contributed by atoms with van der Waals surface area (Å²) in [6, 6.07) is 8.31. The topological polar surface area (TPSA) is 37.8 Å². The normalized spacial score (nSPS) is 11.8. The molecule has 0 saturated heterocycles. The van der Waals surface area contributed by atoms with Gasteiger partial charge in [-0.15, -0.1) is 0 Å². The molecule has 0 bridgehead atoms. The molecule has 2 rings (SSSR count). The molecule has 0 amide bonds. The molecule has 1 aromatic carbocycles. The lowest BCUT2D eigenvalue weighted by atomic mass is 10.0. The van der Waals surface area contributed by atoms with E-state index < -0.39 is 11.9 Å². The molecule has 0 spiro atoms. The molecule has 0 atom stereocenters. The Kier molecular flexibility index (Phi) is 4.16. The Bertz CT molecular complexity index is 619. The van der Waals surface area contributed by atoms with Crippen LogP contribution in [-0.2, 0) is 6.18 Å². The first-order valence-corrected chi connectivity index (χ1v) is 6.55. The van der Waals surface area contributed by atoms with Gasteiger partial charge in [-0.3, -0.25) is 0 Å². The van der Waals surface area contributed by atoms with Crippen molar-refractivity contribution in [2.24, 2.45) is 0 Å². The molecule has 21 heavy (non-hydrogen) atoms. The van der Waals surface area contributed by atoms with Gasteiger partial charge in [0, 0.05) is 12.6 Å². The van der Waals surface area contributed by atoms with E-state index in [4.69, 9.17) is 0 Å². The third-order valence-corrected chi connectivity index (χ3v) is 3.11. The van der Waals surface area contributed by atoms with Crippen LogP contribution >= 0.6 is 0 Å². The van der Waals surface area contributed by atoms with Crippen molar-refractivity contribution in [2.45, 2.75) is 25.9 Å². The smallest absolute Gasteiger partial charge is 0.357 e. The summed E-state index contributed by atoms with van der Waals surface area (Å²) >= 11 is 0. The summed E-state index contributed by atoms with van der Waals surface area (Å²) in [5.41, 5.74) is 1.04. The molecule has 2 aromatic rings. The number of alkyl halides is 3. The van der Waals surface area contributed by atoms with Crippen molar-refractivity contribution in [3.05, 3.63) is 41.6 Å². The van der Waals surface area contributed by atoms with Crippen molar-refractivity contribution >= 4 is 5.95 Å². The maximum absolute atomic E-state index is 12.9. The average molecular weight is 295 g/mol. The fourth-order valence-corrected chi connectivity index (χ4v) is 1.89. The van der Waals surface area contributed by atoms with Gasteiger partial charge < -0.3 is 5.32 Å². The van der Waals surface area contributed by atoms with Crippen molar-refractivity contribution in [1.29, 1.82) is 0 Å². The molecule has 112 valence electrons. The van der Waals surface area contributed by atoms with Crippen LogP contribution in [0, 0.1) is 0 Å². The first-order valence-electron chi connectivity index (χ1n) is 6.55. The summed E-state index contributed by atoms with van der Waals surface area (Å²) in [6.45, 7) is 4.11. The van der Waals surface area contributed by atoms with Crippen molar-refractivity contribution in [1.82, 2.24) is 9.97 Å². The number of nitrogens with zero attached hydrogens (tertiary/aromatic N) is 2. The molecular weight excluding hydrogens is 279 g/mol. The molecule has 0 aliphatic carbocycles. The van der Waals surface area contributed by atoms with Gasteiger partial charge in [-0.25, -0.2) is 9.97 Å². The lowest BCUT2D eigenvalue weighted by Gasteiger charge is -2.11. The largest absolute Gasteiger partial charge is 0.433 e. The van der Waals surface area contributed by atoms with Crippen LogP contribution in [0.25, 0.3) is 11.3 Å². The monoisotopic (exact) mass is 295 g/mol. The van der Waals surface area contributed by atoms with E-state index >= 15 is 0 Å². The van der Waals surface area contributed by atoms with Crippen LogP contribution in [0.15, 0.2) is 30.3 Å². The van der Waals surface area contributed by atoms with Gasteiger partial charge >= 0.3 is 6.18 Å². The predicted molar refractivity (Wildman–Crippen MR) is 76.1 cm³/mol. The van der Waals surface area contributed by atoms with Gasteiger partial charge in [0.15, 0.2) is 5.69 Å². The van der Waals surface area contributed by atoms with E-state index in [1.807, 2.05) is 12.1 Å². The quantitative estimate of drug-likeness (QED) is 0.916. The second-order valence-electron chi connectivity index (χ2n) is 4.99. The van der Waals surface area contributed by atoms with E-state index in [1.165, 1.54) is 7.05 Å². The zero-order valence-corrected chi connectivity index (χ0v) is 12.0. The molecule has 0 aliphatic rings. The van der Waals surface area contributed by atoms with Crippen LogP contribution in [-0.4, -0.2) is 17.0 Å². The van der Waals surface area contributed by atoms with Gasteiger partial charge in [0.2, 0.25) is 5.95 Å². The average Bonchev–Trinajstić information content (AvgIpc) is 2.46. The molecule has 0 fully saturated rings. The third-order valence-electron chi connectivity index (χ3n) is 3.11. The van der Waals surface area contributed by atoms with Gasteiger partial charge in [0.1, 0.15) is 0 Å². The van der Waals surface area contributed by atoms with Crippen LogP contribution < -0.4 is 5.32 Å². The van der Waals surface area contributed by atoms with E-state index in [0.717, 1.165) is 11.6 Å². The highest BCUT2D eigenvalue weighted by atomic mass is 19.4. The molecular formula is C15H16F3N3. The first-order chi connectivity index (χ1) is 9.81. The Balaban J connectivity index is 2.47. The highest BCUT2D eigenvalue weighted by molar-refractivity contribution is 5.61. The minimum atomic E-state index is -4.50. The Morgan fingerprint density at radius 1 is 1.05 bits per heavy atom. The highest BCUT2D eigenvalue weighted by Gasteiger charge is 2.33. The number of hydrogen-bond acceptors (Lipinski definition) is 3. The van der Waals surface area contributed by atoms with Crippen LogP contribution in [0.5, 0.6) is 0 Å². The second kappa shape index (κ2) is 5.71. The van der Waals surface area contributed by atoms with E-state index in [2.05, 4.69) is 29.1 Å². The minimum Gasteiger partial charge on any atom is -0.357 e. The molecule has 1 heterocycles. The van der Waals surface area contributed by atoms with Crippen molar-refractivity contribution in [3.63, 3.8) is 0 Å². The van der Waals surface area contributed by atoms with Gasteiger partial charge in [0.05, 0.1) is 5.69 Å². The molecule has 1 N–H and O–H groups in total. The van der Waals surface area contributed by atoms with Gasteiger partial charge in [-0.2, -0.15) is 13.2 Å². The number of aromatic nitrogens is 2. The molecule has 0 unspecified atom stereocenters. The van der Waals surface area contributed by atoms with Crippen molar-refractivity contribution < 1.29 is 13.2 Å².